The van der Waals surface area contributed by atoms with Gasteiger partial charge in [0.1, 0.15) is 12.2 Å². The Hall–Kier alpha value is 0.890. The average Bonchev–Trinajstić information content (AvgIpc) is 2.27. The van der Waals surface area contributed by atoms with Crippen LogP contribution in [0.5, 0.6) is 0 Å². The minimum absolute atomic E-state index is 0. The summed E-state index contributed by atoms with van der Waals surface area (Å²) in [5.74, 6) is 0. The molecule has 0 rings (SSSR count). The van der Waals surface area contributed by atoms with E-state index in [1.54, 1.807) is 0 Å². The van der Waals surface area contributed by atoms with E-state index >= 15 is 0 Å². The third-order valence-corrected chi connectivity index (χ3v) is 3.09. The van der Waals surface area contributed by atoms with E-state index < -0.39 is 12.2 Å². The fourth-order valence-electron chi connectivity index (χ4n) is 1.05. The van der Waals surface area contributed by atoms with Crippen LogP contribution >= 0.6 is 12.1 Å². The second-order valence-corrected chi connectivity index (χ2v) is 4.57. The summed E-state index contributed by atoms with van der Waals surface area (Å²) in [5.41, 5.74) is 0. The Kier molecular flexibility index (Phi) is 20.0. The fourth-order valence-corrected chi connectivity index (χ4v) is 1.85. The Morgan fingerprint density at radius 1 is 0.895 bits per heavy atom. The molecule has 0 aliphatic heterocycles. The van der Waals surface area contributed by atoms with Crippen molar-refractivity contribution in [2.24, 2.45) is 0 Å². The molecule has 0 atom stereocenters. The van der Waals surface area contributed by atoms with Gasteiger partial charge >= 0.3 is 59.1 Å². The van der Waals surface area contributed by atoms with Crippen molar-refractivity contribution < 1.29 is 78.9 Å². The summed E-state index contributed by atoms with van der Waals surface area (Å²) < 4.78 is 1.82. The van der Waals surface area contributed by atoms with Gasteiger partial charge in [0.05, 0.1) is 12.1 Å². The monoisotopic (exact) mass is 308 g/mol. The molecule has 0 saturated carbocycles. The van der Waals surface area contributed by atoms with Crippen molar-refractivity contribution >= 4 is 24.3 Å². The van der Waals surface area contributed by atoms with Gasteiger partial charge in [-0.2, -0.15) is 0 Å². The van der Waals surface area contributed by atoms with Crippen LogP contribution in [0.3, 0.4) is 0 Å². The second-order valence-electron chi connectivity index (χ2n) is 3.52. The standard InChI is InChI=1S/C10H20N2O4S.2Na/c1-3-5-7-11(9(13)14)17-12(10(15)16)8-6-4-2;;/h3-8H2,1-2H3,(H,13,14)(H,15,16);;/q;2*+1/p-2. The van der Waals surface area contributed by atoms with Crippen LogP contribution in [0.15, 0.2) is 0 Å². The molecule has 0 aromatic carbocycles. The minimum Gasteiger partial charge on any atom is -0.529 e. The summed E-state index contributed by atoms with van der Waals surface area (Å²) in [6.45, 7) is 4.34. The zero-order chi connectivity index (χ0) is 13.3. The molecule has 6 nitrogen and oxygen atoms in total. The van der Waals surface area contributed by atoms with Crippen molar-refractivity contribution in [2.75, 3.05) is 13.1 Å². The maximum absolute atomic E-state index is 10.8. The number of hydrogen-bond donors (Lipinski definition) is 0. The molecule has 2 amide bonds. The first kappa shape index (κ1) is 24.9. The molecular weight excluding hydrogens is 290 g/mol. The van der Waals surface area contributed by atoms with Crippen LogP contribution in [0.1, 0.15) is 39.5 Å². The maximum Gasteiger partial charge on any atom is 1.00 e. The molecule has 0 aliphatic rings. The number of rotatable bonds is 8. The first-order valence-corrected chi connectivity index (χ1v) is 6.41. The maximum atomic E-state index is 10.8. The Bertz CT molecular complexity index is 236. The number of carbonyl (C=O) groups excluding carboxylic acids is 2. The molecule has 0 bridgehead atoms. The summed E-state index contributed by atoms with van der Waals surface area (Å²) in [5, 5.41) is 21.6. The summed E-state index contributed by atoms with van der Waals surface area (Å²) in [6, 6.07) is 0. The van der Waals surface area contributed by atoms with Gasteiger partial charge in [0, 0.05) is 13.1 Å². The van der Waals surface area contributed by atoms with E-state index in [1.165, 1.54) is 0 Å². The van der Waals surface area contributed by atoms with Crippen molar-refractivity contribution in [3.8, 4) is 0 Å². The first-order chi connectivity index (χ1) is 8.02. The van der Waals surface area contributed by atoms with Gasteiger partial charge in [0.25, 0.3) is 0 Å². The van der Waals surface area contributed by atoms with E-state index in [9.17, 15) is 19.8 Å². The van der Waals surface area contributed by atoms with Gasteiger partial charge in [-0.25, -0.2) is 0 Å². The van der Waals surface area contributed by atoms with Gasteiger partial charge in [-0.05, 0) is 12.8 Å². The van der Waals surface area contributed by atoms with Gasteiger partial charge in [0.2, 0.25) is 0 Å². The summed E-state index contributed by atoms with van der Waals surface area (Å²) >= 11 is 0.629. The van der Waals surface area contributed by atoms with E-state index in [2.05, 4.69) is 0 Å². The molecule has 100 valence electrons. The van der Waals surface area contributed by atoms with E-state index in [-0.39, 0.29) is 72.2 Å². The van der Waals surface area contributed by atoms with Gasteiger partial charge in [0.15, 0.2) is 0 Å². The molecule has 0 aliphatic carbocycles. The minimum atomic E-state index is -1.38. The van der Waals surface area contributed by atoms with Crippen LogP contribution in [-0.4, -0.2) is 33.9 Å². The topological polar surface area (TPSA) is 86.7 Å². The Morgan fingerprint density at radius 3 is 1.42 bits per heavy atom. The van der Waals surface area contributed by atoms with E-state index in [4.69, 9.17) is 0 Å². The SMILES string of the molecule is CCCCN(SN(CCCC)C(=O)[O-])C(=O)[O-].[Na+].[Na+]. The predicted octanol–water partition coefficient (Wildman–Crippen LogP) is -5.55. The molecule has 19 heavy (non-hydrogen) atoms. The molecule has 0 heterocycles. The predicted molar refractivity (Wildman–Crippen MR) is 61.6 cm³/mol. The summed E-state index contributed by atoms with van der Waals surface area (Å²) in [4.78, 5) is 21.6. The van der Waals surface area contributed by atoms with Gasteiger partial charge in [-0.15, -0.1) is 0 Å². The quantitative estimate of drug-likeness (QED) is 0.330. The Balaban J connectivity index is -0.00000128. The molecule has 0 saturated heterocycles. The molecule has 9 heteroatoms. The largest absolute Gasteiger partial charge is 1.00 e. The number of amides is 2. The first-order valence-electron chi connectivity index (χ1n) is 5.68. The fraction of sp³-hybridized carbons (Fsp3) is 0.800. The molecule has 0 fully saturated rings. The zero-order valence-corrected chi connectivity index (χ0v) is 17.0. The van der Waals surface area contributed by atoms with Gasteiger partial charge in [-0.3, -0.25) is 8.61 Å². The van der Waals surface area contributed by atoms with Crippen molar-refractivity contribution in [1.82, 2.24) is 8.61 Å². The molecule has 0 aromatic rings. The molecule has 0 N–H and O–H groups in total. The smallest absolute Gasteiger partial charge is 0.529 e. The third kappa shape index (κ3) is 12.3. The second kappa shape index (κ2) is 15.3. The van der Waals surface area contributed by atoms with Crippen LogP contribution in [0.2, 0.25) is 0 Å². The summed E-state index contributed by atoms with van der Waals surface area (Å²) in [7, 11) is 0. The Morgan fingerprint density at radius 2 is 1.21 bits per heavy atom. The van der Waals surface area contributed by atoms with Crippen LogP contribution < -0.4 is 69.3 Å². The van der Waals surface area contributed by atoms with Crippen LogP contribution in [0.25, 0.3) is 0 Å². The number of carbonyl (C=O) groups is 2. The van der Waals surface area contributed by atoms with Crippen LogP contribution in [-0.2, 0) is 0 Å². The van der Waals surface area contributed by atoms with Crippen molar-refractivity contribution in [3.63, 3.8) is 0 Å². The number of carboxylic acid groups (broad SMARTS) is 2. The van der Waals surface area contributed by atoms with E-state index in [0.29, 0.717) is 25.0 Å². The number of nitrogens with zero attached hydrogens (tertiary/aromatic N) is 2. The molecule has 0 aromatic heterocycles. The summed E-state index contributed by atoms with van der Waals surface area (Å²) in [6.07, 6.45) is 0.206. The normalized spacial score (nSPS) is 8.95. The van der Waals surface area contributed by atoms with Crippen LogP contribution in [0, 0.1) is 0 Å². The van der Waals surface area contributed by atoms with Crippen molar-refractivity contribution in [2.45, 2.75) is 39.5 Å². The zero-order valence-electron chi connectivity index (χ0n) is 12.2. The van der Waals surface area contributed by atoms with Crippen molar-refractivity contribution in [3.05, 3.63) is 0 Å². The van der Waals surface area contributed by atoms with Crippen LogP contribution in [0.4, 0.5) is 9.59 Å². The third-order valence-electron chi connectivity index (χ3n) is 2.03. The molecule has 0 radical (unpaired) electrons. The molecule has 0 unspecified atom stereocenters. The average molecular weight is 308 g/mol. The number of unbranched alkanes of at least 4 members (excludes halogenated alkanes) is 2. The van der Waals surface area contributed by atoms with E-state index in [1.807, 2.05) is 13.8 Å². The number of hydrogen-bond acceptors (Lipinski definition) is 5. The molecule has 0 spiro atoms. The molecular formula is C10H18N2Na2O4S. The van der Waals surface area contributed by atoms with E-state index in [0.717, 1.165) is 21.5 Å². The van der Waals surface area contributed by atoms with Gasteiger partial charge in [-0.1, -0.05) is 26.7 Å². The van der Waals surface area contributed by atoms with Crippen molar-refractivity contribution in [1.29, 1.82) is 0 Å². The Labute approximate surface area is 163 Å². The van der Waals surface area contributed by atoms with Gasteiger partial charge < -0.3 is 19.8 Å².